The number of sulfonamides is 2. The van der Waals surface area contributed by atoms with Gasteiger partial charge in [0.25, 0.3) is 0 Å². The lowest BCUT2D eigenvalue weighted by Crippen LogP contribution is -2.37. The maximum atomic E-state index is 11.8. The van der Waals surface area contributed by atoms with Gasteiger partial charge in [-0.1, -0.05) is 61.6 Å². The zero-order valence-electron chi connectivity index (χ0n) is 36.5. The molecule has 2 heterocycles. The number of nitrogens with two attached hydrogens (primary N) is 1. The SMILES string of the molecule is C.CC(C)S(=O)(=O)NCC1CCC(N)CC1.CC(C)S(=O)(=O)NCC1CCC(Nc2nc3ccccc3s2)CC1.CCN(C(C)C)C(C)C.Cl.Clc1nc2ccccc2s1. The summed E-state index contributed by atoms with van der Waals surface area (Å²) in [6.45, 7) is 20.3. The van der Waals surface area contributed by atoms with Crippen LogP contribution in [0.3, 0.4) is 0 Å². The van der Waals surface area contributed by atoms with Gasteiger partial charge in [0.05, 0.1) is 30.9 Å². The Hall–Kier alpha value is -1.66. The summed E-state index contributed by atoms with van der Waals surface area (Å²) in [6, 6.07) is 18.2. The van der Waals surface area contributed by atoms with E-state index in [4.69, 9.17) is 17.3 Å². The third-order valence-electron chi connectivity index (χ3n) is 10.7. The number of thiazole rings is 2. The summed E-state index contributed by atoms with van der Waals surface area (Å²) in [6.07, 6.45) is 8.34. The Morgan fingerprint density at radius 1 is 0.700 bits per heavy atom. The highest BCUT2D eigenvalue weighted by atomic mass is 35.5. The highest BCUT2D eigenvalue weighted by Crippen LogP contribution is 2.31. The van der Waals surface area contributed by atoms with Crippen molar-refractivity contribution in [3.05, 3.63) is 53.0 Å². The summed E-state index contributed by atoms with van der Waals surface area (Å²) in [7, 11) is -6.24. The smallest absolute Gasteiger partial charge is 0.213 e. The summed E-state index contributed by atoms with van der Waals surface area (Å²) >= 11 is 8.89. The average molecular weight is 953 g/mol. The van der Waals surface area contributed by atoms with Crippen LogP contribution in [0.1, 0.15) is 121 Å². The number of fused-ring (bicyclic) bond motifs is 2. The molecule has 2 saturated carbocycles. The van der Waals surface area contributed by atoms with Crippen molar-refractivity contribution in [2.75, 3.05) is 25.0 Å². The predicted molar refractivity (Wildman–Crippen MR) is 264 cm³/mol. The van der Waals surface area contributed by atoms with Gasteiger partial charge in [-0.15, -0.1) is 23.7 Å². The van der Waals surface area contributed by atoms with Crippen LogP contribution in [0, 0.1) is 11.8 Å². The van der Waals surface area contributed by atoms with E-state index in [1.54, 1.807) is 39.0 Å². The van der Waals surface area contributed by atoms with Crippen molar-refractivity contribution in [2.24, 2.45) is 17.6 Å². The van der Waals surface area contributed by atoms with Crippen LogP contribution in [0.5, 0.6) is 0 Å². The Kier molecular flexibility index (Phi) is 25.8. The van der Waals surface area contributed by atoms with E-state index in [0.29, 0.717) is 53.6 Å². The van der Waals surface area contributed by atoms with Crippen molar-refractivity contribution >= 4 is 92.3 Å². The Morgan fingerprint density at radius 2 is 1.12 bits per heavy atom. The molecule has 2 aliphatic rings. The van der Waals surface area contributed by atoms with Gasteiger partial charge in [0.2, 0.25) is 20.0 Å². The number of rotatable bonds is 13. The number of anilines is 1. The highest BCUT2D eigenvalue weighted by molar-refractivity contribution is 7.90. The fourth-order valence-electron chi connectivity index (χ4n) is 6.98. The number of nitrogens with zero attached hydrogens (tertiary/aromatic N) is 3. The Morgan fingerprint density at radius 3 is 1.50 bits per heavy atom. The number of halogens is 2. The molecule has 0 atom stereocenters. The third kappa shape index (κ3) is 19.4. The maximum Gasteiger partial charge on any atom is 0.213 e. The summed E-state index contributed by atoms with van der Waals surface area (Å²) in [5.41, 5.74) is 7.82. The Bertz CT molecular complexity index is 1920. The molecule has 4 aromatic rings. The zero-order valence-corrected chi connectivity index (χ0v) is 41.3. The molecule has 0 saturated heterocycles. The van der Waals surface area contributed by atoms with Gasteiger partial charge in [0.15, 0.2) is 9.60 Å². The van der Waals surface area contributed by atoms with E-state index in [1.807, 2.05) is 42.5 Å². The van der Waals surface area contributed by atoms with Crippen molar-refractivity contribution < 1.29 is 16.8 Å². The molecule has 2 aromatic carbocycles. The lowest BCUT2D eigenvalue weighted by molar-refractivity contribution is 0.185. The Labute approximate surface area is 382 Å². The van der Waals surface area contributed by atoms with Crippen LogP contribution >= 0.6 is 46.7 Å². The molecule has 2 fully saturated rings. The quantitative estimate of drug-likeness (QED) is 0.102. The predicted octanol–water partition coefficient (Wildman–Crippen LogP) is 10.6. The molecule has 0 bridgehead atoms. The first-order valence-corrected chi connectivity index (χ1v) is 26.0. The summed E-state index contributed by atoms with van der Waals surface area (Å²) in [5.74, 6) is 0.908. The first-order chi connectivity index (χ1) is 27.3. The van der Waals surface area contributed by atoms with E-state index < -0.39 is 20.0 Å². The van der Waals surface area contributed by atoms with Gasteiger partial charge >= 0.3 is 0 Å². The largest absolute Gasteiger partial charge is 0.359 e. The lowest BCUT2D eigenvalue weighted by Gasteiger charge is -2.29. The molecule has 60 heavy (non-hydrogen) atoms. The minimum Gasteiger partial charge on any atom is -0.359 e. The van der Waals surface area contributed by atoms with Crippen LogP contribution < -0.4 is 20.5 Å². The van der Waals surface area contributed by atoms with E-state index in [1.165, 1.54) is 16.0 Å². The molecule has 0 spiro atoms. The first kappa shape index (κ1) is 56.4. The molecule has 6 rings (SSSR count). The summed E-state index contributed by atoms with van der Waals surface area (Å²) < 4.78 is 55.1. The van der Waals surface area contributed by atoms with Crippen molar-refractivity contribution in [3.63, 3.8) is 0 Å². The van der Waals surface area contributed by atoms with E-state index in [9.17, 15) is 16.8 Å². The van der Waals surface area contributed by atoms with Crippen LogP contribution in [-0.4, -0.2) is 86.0 Å². The average Bonchev–Trinajstić information content (AvgIpc) is 3.77. The van der Waals surface area contributed by atoms with E-state index in [0.717, 1.165) is 78.8 Å². The van der Waals surface area contributed by atoms with Gasteiger partial charge in [-0.3, -0.25) is 4.90 Å². The second kappa shape index (κ2) is 27.5. The number of para-hydroxylation sites is 2. The lowest BCUT2D eigenvalue weighted by atomic mass is 9.86. The van der Waals surface area contributed by atoms with Crippen LogP contribution in [0.2, 0.25) is 4.47 Å². The van der Waals surface area contributed by atoms with Crippen LogP contribution in [0.15, 0.2) is 48.5 Å². The molecule has 0 radical (unpaired) electrons. The zero-order chi connectivity index (χ0) is 43.0. The van der Waals surface area contributed by atoms with Gasteiger partial charge in [-0.25, -0.2) is 36.2 Å². The van der Waals surface area contributed by atoms with Crippen LogP contribution in [0.4, 0.5) is 5.13 Å². The third-order valence-corrected chi connectivity index (χ3v) is 16.4. The molecule has 17 heteroatoms. The highest BCUT2D eigenvalue weighted by Gasteiger charge is 2.25. The fourth-order valence-corrected chi connectivity index (χ4v) is 10.6. The normalized spacial score (nSPS) is 19.5. The molecule has 2 aromatic heterocycles. The molecule has 344 valence electrons. The van der Waals surface area contributed by atoms with Crippen molar-refractivity contribution in [1.29, 1.82) is 0 Å². The van der Waals surface area contributed by atoms with E-state index in [2.05, 4.69) is 70.3 Å². The van der Waals surface area contributed by atoms with Crippen molar-refractivity contribution in [3.8, 4) is 0 Å². The van der Waals surface area contributed by atoms with Gasteiger partial charge in [0, 0.05) is 37.3 Å². The Balaban J connectivity index is 0.000000430. The number of nitrogens with one attached hydrogen (secondary N) is 3. The number of aromatic nitrogens is 2. The van der Waals surface area contributed by atoms with E-state index in [-0.39, 0.29) is 30.3 Å². The second-order valence-corrected chi connectivity index (χ2v) is 23.8. The van der Waals surface area contributed by atoms with Crippen molar-refractivity contribution in [2.45, 2.75) is 156 Å². The first-order valence-electron chi connectivity index (χ1n) is 20.9. The van der Waals surface area contributed by atoms with Gasteiger partial charge < -0.3 is 11.1 Å². The number of benzene rings is 2. The van der Waals surface area contributed by atoms with Gasteiger partial charge in [0.1, 0.15) is 0 Å². The minimum atomic E-state index is -3.15. The van der Waals surface area contributed by atoms with Gasteiger partial charge in [-0.05, 0) is 149 Å². The summed E-state index contributed by atoms with van der Waals surface area (Å²) in [4.78, 5) is 11.2. The van der Waals surface area contributed by atoms with Crippen LogP contribution in [-0.2, 0) is 20.0 Å². The van der Waals surface area contributed by atoms with E-state index >= 15 is 0 Å². The topological polar surface area (TPSA) is 159 Å². The molecule has 5 N–H and O–H groups in total. The van der Waals surface area contributed by atoms with Crippen molar-refractivity contribution in [1.82, 2.24) is 24.3 Å². The minimum absolute atomic E-state index is 0. The second-order valence-electron chi connectivity index (χ2n) is 16.5. The fraction of sp³-hybridized carbons (Fsp3) is 0.674. The standard InChI is InChI=1S/C17H25N3O2S2.C10H22N2O2S.C8H19N.C7H4ClNS.CH4.ClH/c1-12(2)24(21,22)18-11-13-7-9-14(10-8-13)19-17-20-15-5-3-4-6-16(15)23-17;1-8(2)15(13,14)12-7-9-3-5-10(11)6-4-9;1-6-9(7(2)3)8(4)5;8-7-9-5-3-1-2-4-6(5)10-7;;/h3-6,12-14,18H,7-11H2,1-2H3,(H,19,20);8-10,12H,3-7,11H2,1-2H3;7-8H,6H2,1-5H3;1-4H;1H4;1H. The molecule has 0 aliphatic heterocycles. The van der Waals surface area contributed by atoms with Crippen LogP contribution in [0.25, 0.3) is 20.4 Å². The number of hydrogen-bond donors (Lipinski definition) is 4. The molecule has 2 aliphatic carbocycles. The monoisotopic (exact) mass is 951 g/mol. The molecular formula is C43H75Cl2N7O4S4. The molecule has 0 amide bonds. The molecule has 11 nitrogen and oxygen atoms in total. The molecule has 0 unspecified atom stereocenters. The maximum absolute atomic E-state index is 11.8. The molecular weight excluding hydrogens is 878 g/mol. The number of hydrogen-bond acceptors (Lipinski definition) is 11. The summed E-state index contributed by atoms with van der Waals surface area (Å²) in [5, 5.41) is 3.83. The van der Waals surface area contributed by atoms with Gasteiger partial charge in [-0.2, -0.15) is 0 Å².